The summed E-state index contributed by atoms with van der Waals surface area (Å²) >= 11 is 0. The Morgan fingerprint density at radius 1 is 1.19 bits per heavy atom. The van der Waals surface area contributed by atoms with Crippen molar-refractivity contribution in [2.24, 2.45) is 11.7 Å². The molecule has 21 heavy (non-hydrogen) atoms. The molecule has 0 bridgehead atoms. The molecular weight excluding hydrogens is 268 g/mol. The van der Waals surface area contributed by atoms with Crippen LogP contribution < -0.4 is 11.1 Å². The maximum absolute atomic E-state index is 11.5. The number of nitrogens with zero attached hydrogens (tertiary/aromatic N) is 2. The minimum Gasteiger partial charge on any atom is -0.369 e. The van der Waals surface area contributed by atoms with Crippen molar-refractivity contribution in [1.29, 1.82) is 0 Å². The first kappa shape index (κ1) is 14.5. The molecule has 6 heteroatoms. The summed E-state index contributed by atoms with van der Waals surface area (Å²) < 4.78 is 5.32. The molecule has 2 aliphatic rings. The summed E-state index contributed by atoms with van der Waals surface area (Å²) in [5.74, 6) is 1.65. The van der Waals surface area contributed by atoms with Crippen molar-refractivity contribution in [3.8, 4) is 0 Å². The van der Waals surface area contributed by atoms with Crippen LogP contribution in [-0.2, 0) is 11.3 Å². The average Bonchev–Trinajstić information content (AvgIpc) is 3.16. The zero-order valence-electron chi connectivity index (χ0n) is 12.4. The lowest BCUT2D eigenvalue weighted by Crippen LogP contribution is -2.44. The monoisotopic (exact) mass is 292 g/mol. The first-order valence-corrected chi connectivity index (χ1v) is 8.09. The van der Waals surface area contributed by atoms with E-state index in [4.69, 9.17) is 10.3 Å². The predicted molar refractivity (Wildman–Crippen MR) is 77.3 cm³/mol. The van der Waals surface area contributed by atoms with Crippen LogP contribution in [0, 0.1) is 5.92 Å². The van der Waals surface area contributed by atoms with Crippen molar-refractivity contribution in [2.45, 2.75) is 69.9 Å². The molecule has 0 spiro atoms. The van der Waals surface area contributed by atoms with Crippen LogP contribution >= 0.6 is 0 Å². The van der Waals surface area contributed by atoms with Crippen LogP contribution in [0.15, 0.2) is 4.52 Å². The third-order valence-corrected chi connectivity index (χ3v) is 4.85. The van der Waals surface area contributed by atoms with Crippen LogP contribution in [0.25, 0.3) is 0 Å². The first-order chi connectivity index (χ1) is 10.2. The molecule has 2 aliphatic carbocycles. The number of carbonyl (C=O) groups is 1. The molecule has 0 aromatic carbocycles. The Kier molecular flexibility index (Phi) is 4.53. The number of amides is 1. The SMILES string of the molecule is NC(=O)[C@@H]1CCCC[C@@H]1NCc1nc(C2CCCC2)no1. The summed E-state index contributed by atoms with van der Waals surface area (Å²) in [6, 6.07) is 0.137. The molecule has 3 rings (SSSR count). The molecule has 3 N–H and O–H groups in total. The fourth-order valence-electron chi connectivity index (χ4n) is 3.62. The highest BCUT2D eigenvalue weighted by Crippen LogP contribution is 2.32. The Morgan fingerprint density at radius 3 is 2.67 bits per heavy atom. The quantitative estimate of drug-likeness (QED) is 0.864. The summed E-state index contributed by atoms with van der Waals surface area (Å²) in [6.07, 6.45) is 8.93. The van der Waals surface area contributed by atoms with Gasteiger partial charge in [-0.25, -0.2) is 0 Å². The summed E-state index contributed by atoms with van der Waals surface area (Å²) in [7, 11) is 0. The molecular formula is C15H24N4O2. The molecule has 0 saturated heterocycles. The largest absolute Gasteiger partial charge is 0.369 e. The number of carbonyl (C=O) groups excluding carboxylic acids is 1. The van der Waals surface area contributed by atoms with E-state index in [-0.39, 0.29) is 17.9 Å². The molecule has 1 aromatic heterocycles. The van der Waals surface area contributed by atoms with Crippen LogP contribution in [0.3, 0.4) is 0 Å². The lowest BCUT2D eigenvalue weighted by Gasteiger charge is -2.29. The molecule has 2 saturated carbocycles. The van der Waals surface area contributed by atoms with E-state index in [0.29, 0.717) is 18.4 Å². The van der Waals surface area contributed by atoms with E-state index >= 15 is 0 Å². The first-order valence-electron chi connectivity index (χ1n) is 8.09. The topological polar surface area (TPSA) is 94.0 Å². The number of hydrogen-bond acceptors (Lipinski definition) is 5. The molecule has 2 fully saturated rings. The van der Waals surface area contributed by atoms with Crippen LogP contribution in [0.5, 0.6) is 0 Å². The van der Waals surface area contributed by atoms with Gasteiger partial charge in [0.2, 0.25) is 11.8 Å². The van der Waals surface area contributed by atoms with Gasteiger partial charge in [0.15, 0.2) is 5.82 Å². The Labute approximate surface area is 124 Å². The van der Waals surface area contributed by atoms with Gasteiger partial charge in [-0.15, -0.1) is 0 Å². The average molecular weight is 292 g/mol. The highest BCUT2D eigenvalue weighted by molar-refractivity contribution is 5.77. The van der Waals surface area contributed by atoms with Crippen LogP contribution in [0.1, 0.15) is 69.0 Å². The van der Waals surface area contributed by atoms with E-state index < -0.39 is 0 Å². The number of nitrogens with two attached hydrogens (primary N) is 1. The number of aromatic nitrogens is 2. The maximum Gasteiger partial charge on any atom is 0.240 e. The second-order valence-electron chi connectivity index (χ2n) is 6.31. The number of hydrogen-bond donors (Lipinski definition) is 2. The van der Waals surface area contributed by atoms with Crippen molar-refractivity contribution < 1.29 is 9.32 Å². The van der Waals surface area contributed by atoms with Crippen molar-refractivity contribution in [3.63, 3.8) is 0 Å². The highest BCUT2D eigenvalue weighted by Gasteiger charge is 2.29. The van der Waals surface area contributed by atoms with Gasteiger partial charge in [0.1, 0.15) is 0 Å². The summed E-state index contributed by atoms with van der Waals surface area (Å²) in [5.41, 5.74) is 5.48. The van der Waals surface area contributed by atoms with Crippen molar-refractivity contribution >= 4 is 5.91 Å². The van der Waals surface area contributed by atoms with E-state index in [1.807, 2.05) is 0 Å². The fourth-order valence-corrected chi connectivity index (χ4v) is 3.62. The van der Waals surface area contributed by atoms with Crippen LogP contribution in [-0.4, -0.2) is 22.1 Å². The van der Waals surface area contributed by atoms with E-state index in [1.54, 1.807) is 0 Å². The highest BCUT2D eigenvalue weighted by atomic mass is 16.5. The zero-order chi connectivity index (χ0) is 14.7. The van der Waals surface area contributed by atoms with Crippen molar-refractivity contribution in [2.75, 3.05) is 0 Å². The van der Waals surface area contributed by atoms with Crippen LogP contribution in [0.4, 0.5) is 0 Å². The molecule has 116 valence electrons. The van der Waals surface area contributed by atoms with E-state index in [1.165, 1.54) is 25.7 Å². The van der Waals surface area contributed by atoms with Gasteiger partial charge < -0.3 is 15.6 Å². The lowest BCUT2D eigenvalue weighted by molar-refractivity contribution is -0.123. The van der Waals surface area contributed by atoms with Gasteiger partial charge in [-0.3, -0.25) is 4.79 Å². The van der Waals surface area contributed by atoms with Crippen molar-refractivity contribution in [3.05, 3.63) is 11.7 Å². The van der Waals surface area contributed by atoms with Crippen LogP contribution in [0.2, 0.25) is 0 Å². The summed E-state index contributed by atoms with van der Waals surface area (Å²) in [4.78, 5) is 16.0. The minimum atomic E-state index is -0.204. The van der Waals surface area contributed by atoms with Gasteiger partial charge in [-0.2, -0.15) is 4.98 Å². The third-order valence-electron chi connectivity index (χ3n) is 4.85. The minimum absolute atomic E-state index is 0.0732. The smallest absolute Gasteiger partial charge is 0.240 e. The second-order valence-corrected chi connectivity index (χ2v) is 6.31. The molecule has 0 radical (unpaired) electrons. The second kappa shape index (κ2) is 6.56. The Bertz CT molecular complexity index is 482. The van der Waals surface area contributed by atoms with E-state index in [0.717, 1.165) is 31.5 Å². The van der Waals surface area contributed by atoms with Gasteiger partial charge in [0.05, 0.1) is 12.5 Å². The number of nitrogens with one attached hydrogen (secondary N) is 1. The maximum atomic E-state index is 11.5. The predicted octanol–water partition coefficient (Wildman–Crippen LogP) is 1.86. The molecule has 1 aromatic rings. The summed E-state index contributed by atoms with van der Waals surface area (Å²) in [5, 5.41) is 7.47. The van der Waals surface area contributed by atoms with Gasteiger partial charge in [0.25, 0.3) is 0 Å². The normalized spacial score (nSPS) is 27.0. The Morgan fingerprint density at radius 2 is 1.90 bits per heavy atom. The third kappa shape index (κ3) is 3.43. The molecule has 0 aliphatic heterocycles. The molecule has 0 unspecified atom stereocenters. The number of primary amides is 1. The molecule has 6 nitrogen and oxygen atoms in total. The molecule has 2 atom stereocenters. The number of rotatable bonds is 5. The molecule has 1 amide bonds. The Hall–Kier alpha value is -1.43. The Balaban J connectivity index is 1.55. The van der Waals surface area contributed by atoms with Gasteiger partial charge in [0, 0.05) is 12.0 Å². The van der Waals surface area contributed by atoms with E-state index in [2.05, 4.69) is 15.5 Å². The van der Waals surface area contributed by atoms with Gasteiger partial charge >= 0.3 is 0 Å². The standard InChI is InChI=1S/C15H24N4O2/c16-14(20)11-7-3-4-8-12(11)17-9-13-18-15(19-21-13)10-5-1-2-6-10/h10-12,17H,1-9H2,(H2,16,20)/t11-,12+/m1/s1. The molecule has 1 heterocycles. The van der Waals surface area contributed by atoms with Crippen molar-refractivity contribution in [1.82, 2.24) is 15.5 Å². The lowest BCUT2D eigenvalue weighted by atomic mass is 9.84. The fraction of sp³-hybridized carbons (Fsp3) is 0.800. The van der Waals surface area contributed by atoms with E-state index in [9.17, 15) is 4.79 Å². The zero-order valence-corrected chi connectivity index (χ0v) is 12.4. The van der Waals surface area contributed by atoms with Gasteiger partial charge in [-0.1, -0.05) is 30.8 Å². The van der Waals surface area contributed by atoms with Gasteiger partial charge in [-0.05, 0) is 25.7 Å². The summed E-state index contributed by atoms with van der Waals surface area (Å²) in [6.45, 7) is 0.522.